The molecule has 1 heterocycles. The summed E-state index contributed by atoms with van der Waals surface area (Å²) in [7, 11) is 1.51. The Bertz CT molecular complexity index is 1140. The van der Waals surface area contributed by atoms with Crippen LogP contribution in [0.5, 0.6) is 11.5 Å². The zero-order valence-electron chi connectivity index (χ0n) is 14.4. The van der Waals surface area contributed by atoms with Gasteiger partial charge in [0.1, 0.15) is 5.52 Å². The third kappa shape index (κ3) is 3.57. The number of halogens is 1. The van der Waals surface area contributed by atoms with Crippen LogP contribution in [0.4, 0.5) is 5.69 Å². The Morgan fingerprint density at radius 1 is 1.11 bits per heavy atom. The molecule has 0 bridgehead atoms. The van der Waals surface area contributed by atoms with Crippen molar-refractivity contribution in [1.29, 1.82) is 0 Å². The van der Waals surface area contributed by atoms with Crippen molar-refractivity contribution in [3.63, 3.8) is 0 Å². The number of aromatic nitrogens is 1. The number of hydrogen-bond donors (Lipinski definition) is 1. The number of phenolic OH excluding ortho intramolecular Hbond substituents is 1. The number of oxazole rings is 1. The van der Waals surface area contributed by atoms with Crippen LogP contribution in [0.25, 0.3) is 22.6 Å². The van der Waals surface area contributed by atoms with E-state index in [0.717, 1.165) is 15.6 Å². The Kier molecular flexibility index (Phi) is 4.64. The van der Waals surface area contributed by atoms with Crippen molar-refractivity contribution in [2.75, 3.05) is 7.11 Å². The molecule has 0 radical (unpaired) electrons. The first-order valence-corrected chi connectivity index (χ1v) is 9.00. The minimum absolute atomic E-state index is 0.0401. The number of methoxy groups -OCH3 is 1. The van der Waals surface area contributed by atoms with Gasteiger partial charge in [0.2, 0.25) is 5.89 Å². The van der Waals surface area contributed by atoms with E-state index >= 15 is 0 Å². The van der Waals surface area contributed by atoms with E-state index in [1.54, 1.807) is 18.3 Å². The van der Waals surface area contributed by atoms with Gasteiger partial charge in [0.05, 0.1) is 12.8 Å². The summed E-state index contributed by atoms with van der Waals surface area (Å²) in [6, 6.07) is 18.7. The first kappa shape index (κ1) is 17.3. The van der Waals surface area contributed by atoms with Gasteiger partial charge in [-0.2, -0.15) is 0 Å². The molecule has 0 atom stereocenters. The molecule has 1 aromatic heterocycles. The van der Waals surface area contributed by atoms with E-state index in [-0.39, 0.29) is 5.75 Å². The largest absolute Gasteiger partial charge is 0.504 e. The average Bonchev–Trinajstić information content (AvgIpc) is 3.12. The van der Waals surface area contributed by atoms with Crippen LogP contribution in [0.15, 0.2) is 74.5 Å². The lowest BCUT2D eigenvalue weighted by atomic mass is 10.2. The second-order valence-corrected chi connectivity index (χ2v) is 6.76. The number of fused-ring (bicyclic) bond motifs is 1. The number of ether oxygens (including phenoxy) is 1. The molecule has 3 aromatic carbocycles. The molecule has 6 heteroatoms. The lowest BCUT2D eigenvalue weighted by molar-refractivity contribution is 0.373. The highest BCUT2D eigenvalue weighted by atomic mass is 79.9. The Hall–Kier alpha value is -3.12. The second kappa shape index (κ2) is 7.25. The molecule has 0 aliphatic rings. The molecule has 0 saturated carbocycles. The maximum absolute atomic E-state index is 10.2. The van der Waals surface area contributed by atoms with E-state index in [4.69, 9.17) is 9.15 Å². The highest BCUT2D eigenvalue weighted by molar-refractivity contribution is 9.10. The van der Waals surface area contributed by atoms with Crippen molar-refractivity contribution in [3.05, 3.63) is 70.7 Å². The number of phenols is 1. The smallest absolute Gasteiger partial charge is 0.227 e. The maximum atomic E-state index is 10.2. The molecular weight excluding hydrogens is 408 g/mol. The summed E-state index contributed by atoms with van der Waals surface area (Å²) in [5.74, 6) is 0.990. The van der Waals surface area contributed by atoms with Crippen molar-refractivity contribution in [2.24, 2.45) is 4.99 Å². The number of aliphatic imine (C=N–C) groups is 1. The zero-order valence-corrected chi connectivity index (χ0v) is 16.0. The molecule has 1 N–H and O–H groups in total. The minimum Gasteiger partial charge on any atom is -0.504 e. The van der Waals surface area contributed by atoms with Gasteiger partial charge in [-0.3, -0.25) is 4.99 Å². The van der Waals surface area contributed by atoms with E-state index < -0.39 is 0 Å². The van der Waals surface area contributed by atoms with E-state index in [9.17, 15) is 5.11 Å². The molecule has 4 aromatic rings. The maximum Gasteiger partial charge on any atom is 0.227 e. The number of aromatic hydroxyl groups is 1. The van der Waals surface area contributed by atoms with Gasteiger partial charge >= 0.3 is 0 Å². The molecule has 4 rings (SSSR count). The summed E-state index contributed by atoms with van der Waals surface area (Å²) >= 11 is 3.40. The third-order valence-electron chi connectivity index (χ3n) is 4.03. The van der Waals surface area contributed by atoms with E-state index in [2.05, 4.69) is 25.9 Å². The van der Waals surface area contributed by atoms with Crippen LogP contribution in [0, 0.1) is 0 Å². The lowest BCUT2D eigenvalue weighted by Crippen LogP contribution is -1.89. The van der Waals surface area contributed by atoms with Gasteiger partial charge in [-0.15, -0.1) is 0 Å². The van der Waals surface area contributed by atoms with Gasteiger partial charge in [-0.25, -0.2) is 4.98 Å². The summed E-state index contributed by atoms with van der Waals surface area (Å²) in [6.07, 6.45) is 1.59. The van der Waals surface area contributed by atoms with Crippen molar-refractivity contribution in [1.82, 2.24) is 4.98 Å². The second-order valence-electron chi connectivity index (χ2n) is 5.84. The monoisotopic (exact) mass is 422 g/mol. The topological polar surface area (TPSA) is 67.9 Å². The summed E-state index contributed by atoms with van der Waals surface area (Å²) < 4.78 is 11.8. The van der Waals surface area contributed by atoms with Crippen LogP contribution in [0.3, 0.4) is 0 Å². The Balaban J connectivity index is 1.67. The molecule has 5 nitrogen and oxygen atoms in total. The number of rotatable bonds is 4. The predicted octanol–water partition coefficient (Wildman–Crippen LogP) is 5.72. The van der Waals surface area contributed by atoms with E-state index in [1.165, 1.54) is 7.11 Å². The summed E-state index contributed by atoms with van der Waals surface area (Å²) in [5.41, 5.74) is 3.59. The fourth-order valence-corrected chi connectivity index (χ4v) is 3.15. The quantitative estimate of drug-likeness (QED) is 0.426. The number of nitrogens with zero attached hydrogens (tertiary/aromatic N) is 2. The third-order valence-corrected chi connectivity index (χ3v) is 4.49. The van der Waals surface area contributed by atoms with Crippen molar-refractivity contribution in [2.45, 2.75) is 0 Å². The molecule has 0 fully saturated rings. The molecule has 134 valence electrons. The Morgan fingerprint density at radius 3 is 2.70 bits per heavy atom. The van der Waals surface area contributed by atoms with Gasteiger partial charge < -0.3 is 14.3 Å². The average molecular weight is 423 g/mol. The summed E-state index contributed by atoms with van der Waals surface area (Å²) in [5, 5.41) is 10.2. The van der Waals surface area contributed by atoms with Crippen LogP contribution in [0.1, 0.15) is 5.56 Å². The van der Waals surface area contributed by atoms with Gasteiger partial charge in [0, 0.05) is 21.8 Å². The van der Waals surface area contributed by atoms with E-state index in [1.807, 2.05) is 48.5 Å². The van der Waals surface area contributed by atoms with Crippen molar-refractivity contribution >= 4 is 38.9 Å². The van der Waals surface area contributed by atoms with Gasteiger partial charge in [0.25, 0.3) is 0 Å². The fraction of sp³-hybridized carbons (Fsp3) is 0.0476. The number of hydrogen-bond acceptors (Lipinski definition) is 5. The molecule has 0 aliphatic heterocycles. The summed E-state index contributed by atoms with van der Waals surface area (Å²) in [6.45, 7) is 0. The van der Waals surface area contributed by atoms with Gasteiger partial charge in [-0.05, 0) is 42.5 Å². The van der Waals surface area contributed by atoms with Crippen molar-refractivity contribution < 1.29 is 14.3 Å². The molecule has 0 saturated heterocycles. The predicted molar refractivity (Wildman–Crippen MR) is 109 cm³/mol. The van der Waals surface area contributed by atoms with Crippen LogP contribution in [-0.4, -0.2) is 23.4 Å². The fourth-order valence-electron chi connectivity index (χ4n) is 2.69. The molecule has 0 amide bonds. The van der Waals surface area contributed by atoms with Crippen LogP contribution in [0.2, 0.25) is 0 Å². The first-order chi connectivity index (χ1) is 13.1. The molecular formula is C21H15BrN2O3. The summed E-state index contributed by atoms with van der Waals surface area (Å²) in [4.78, 5) is 8.98. The molecule has 0 spiro atoms. The number of benzene rings is 3. The standard InChI is InChI=1S/C21H15BrN2O3/c1-26-19-10-15(22)9-14(20(19)25)12-23-16-7-8-18-17(11-16)24-21(27-18)13-5-3-2-4-6-13/h2-12,25H,1H3. The van der Waals surface area contributed by atoms with Crippen LogP contribution >= 0.6 is 15.9 Å². The van der Waals surface area contributed by atoms with Gasteiger partial charge in [0.15, 0.2) is 17.1 Å². The SMILES string of the molecule is COc1cc(Br)cc(C=Nc2ccc3oc(-c4ccccc4)nc3c2)c1O. The Morgan fingerprint density at radius 2 is 1.93 bits per heavy atom. The highest BCUT2D eigenvalue weighted by Crippen LogP contribution is 2.33. The molecule has 0 aliphatic carbocycles. The zero-order chi connectivity index (χ0) is 18.8. The normalized spacial score (nSPS) is 11.3. The first-order valence-electron chi connectivity index (χ1n) is 8.20. The van der Waals surface area contributed by atoms with Gasteiger partial charge in [-0.1, -0.05) is 34.1 Å². The highest BCUT2D eigenvalue weighted by Gasteiger charge is 2.10. The molecule has 0 unspecified atom stereocenters. The molecule has 27 heavy (non-hydrogen) atoms. The van der Waals surface area contributed by atoms with Crippen LogP contribution in [-0.2, 0) is 0 Å². The Labute approximate surface area is 164 Å². The lowest BCUT2D eigenvalue weighted by Gasteiger charge is -2.06. The van der Waals surface area contributed by atoms with Crippen molar-refractivity contribution in [3.8, 4) is 23.0 Å². The van der Waals surface area contributed by atoms with E-state index in [0.29, 0.717) is 28.5 Å². The van der Waals surface area contributed by atoms with Crippen LogP contribution < -0.4 is 4.74 Å². The minimum atomic E-state index is 0.0401.